The Hall–Kier alpha value is -6.17. The molecule has 0 spiro atoms. The van der Waals surface area contributed by atoms with Crippen LogP contribution >= 0.6 is 0 Å². The number of hydrogen-bond donors (Lipinski definition) is 6. The fraction of sp³-hybridized carbons (Fsp3) is 0.375. The van der Waals surface area contributed by atoms with Crippen molar-refractivity contribution in [3.05, 3.63) is 83.2 Å². The smallest absolute Gasteiger partial charge is 0.412 e. The van der Waals surface area contributed by atoms with Crippen molar-refractivity contribution in [1.29, 1.82) is 5.41 Å². The second-order valence-corrected chi connectivity index (χ2v) is 13.7. The molecule has 2 aromatic carbocycles. The lowest BCUT2D eigenvalue weighted by molar-refractivity contribution is -0.169. The maximum atomic E-state index is 14.0. The fourth-order valence-corrected chi connectivity index (χ4v) is 5.58. The van der Waals surface area contributed by atoms with E-state index in [1.807, 2.05) is 0 Å². The maximum absolute atomic E-state index is 14.0. The zero-order valence-electron chi connectivity index (χ0n) is 31.8. The van der Waals surface area contributed by atoms with E-state index in [0.29, 0.717) is 29.5 Å². The van der Waals surface area contributed by atoms with Gasteiger partial charge in [0.15, 0.2) is 5.69 Å². The maximum Gasteiger partial charge on any atom is 0.412 e. The van der Waals surface area contributed by atoms with Crippen LogP contribution in [0.2, 0.25) is 0 Å². The minimum Gasteiger partial charge on any atom is -0.496 e. The van der Waals surface area contributed by atoms with Crippen molar-refractivity contribution in [3.63, 3.8) is 0 Å². The number of methoxy groups -OCH3 is 1. The van der Waals surface area contributed by atoms with E-state index >= 15 is 0 Å². The molecule has 2 heterocycles. The molecular weight excluding hydrogens is 742 g/mol. The van der Waals surface area contributed by atoms with Crippen LogP contribution in [0.4, 0.5) is 10.5 Å². The van der Waals surface area contributed by atoms with E-state index in [-0.39, 0.29) is 52.7 Å². The summed E-state index contributed by atoms with van der Waals surface area (Å²) in [6.45, 7) is 8.45. The van der Waals surface area contributed by atoms with Crippen LogP contribution < -0.4 is 20.7 Å². The summed E-state index contributed by atoms with van der Waals surface area (Å²) in [5, 5.41) is 35.6. The third-order valence-electron chi connectivity index (χ3n) is 9.01. The van der Waals surface area contributed by atoms with Gasteiger partial charge in [-0.25, -0.2) is 14.6 Å². The van der Waals surface area contributed by atoms with E-state index in [1.165, 1.54) is 68.6 Å². The third-order valence-corrected chi connectivity index (χ3v) is 9.01. The highest BCUT2D eigenvalue weighted by Crippen LogP contribution is 2.35. The van der Waals surface area contributed by atoms with E-state index in [1.54, 1.807) is 13.8 Å². The third kappa shape index (κ3) is 10.8. The number of benzene rings is 2. The number of alkyl carbamates (subject to hydrolysis) is 1. The normalized spacial score (nSPS) is 17.8. The monoisotopic (exact) mass is 787 g/mol. The number of carbonyl (C=O) groups is 5. The van der Waals surface area contributed by atoms with Crippen LogP contribution in [0, 0.1) is 17.2 Å². The minimum absolute atomic E-state index is 0.0527. The van der Waals surface area contributed by atoms with Gasteiger partial charge in [0.2, 0.25) is 6.29 Å². The summed E-state index contributed by atoms with van der Waals surface area (Å²) in [4.78, 5) is 69.7. The molecule has 4 atom stereocenters. The highest BCUT2D eigenvalue weighted by molar-refractivity contribution is 6.11. The zero-order valence-corrected chi connectivity index (χ0v) is 31.8. The number of aliphatic hydroxyl groups excluding tert-OH is 2. The molecule has 17 nitrogen and oxygen atoms in total. The summed E-state index contributed by atoms with van der Waals surface area (Å²) < 4.78 is 26.4. The SMILES string of the molecule is C=Cc1cc(C(=O)Nc2ccc(C(=N)NC(=O)OC[C@H]3OC[C@H](O)[C@@H]3O)cc2)c(-c2ccc(C(=O)NCC3CC3)nc2C(=O)OC(C)OC(=O)C(C)C)cc1OC. The molecule has 302 valence electrons. The molecular formula is C40H45N5O12. The van der Waals surface area contributed by atoms with Crippen LogP contribution in [0.25, 0.3) is 17.2 Å². The van der Waals surface area contributed by atoms with Gasteiger partial charge in [-0.3, -0.25) is 25.1 Å². The van der Waals surface area contributed by atoms with E-state index in [2.05, 4.69) is 27.5 Å². The molecule has 2 aliphatic rings. The lowest BCUT2D eigenvalue weighted by Gasteiger charge is -2.19. The Bertz CT molecular complexity index is 2030. The van der Waals surface area contributed by atoms with Crippen molar-refractivity contribution in [2.75, 3.05) is 32.2 Å². The molecule has 3 amide bonds. The highest BCUT2D eigenvalue weighted by Gasteiger charge is 2.35. The molecule has 2 fully saturated rings. The number of nitrogens with one attached hydrogen (secondary N) is 4. The van der Waals surface area contributed by atoms with Gasteiger partial charge in [0.25, 0.3) is 11.8 Å². The van der Waals surface area contributed by atoms with Gasteiger partial charge in [-0.15, -0.1) is 0 Å². The summed E-state index contributed by atoms with van der Waals surface area (Å²) in [5.41, 5.74) is 0.937. The first-order valence-electron chi connectivity index (χ1n) is 18.2. The molecule has 17 heteroatoms. The van der Waals surface area contributed by atoms with Gasteiger partial charge in [-0.1, -0.05) is 26.5 Å². The molecule has 57 heavy (non-hydrogen) atoms. The predicted molar refractivity (Wildman–Crippen MR) is 205 cm³/mol. The first-order valence-corrected chi connectivity index (χ1v) is 18.2. The quantitative estimate of drug-likeness (QED) is 0.0558. The van der Waals surface area contributed by atoms with Crippen molar-refractivity contribution < 1.29 is 57.9 Å². The lowest BCUT2D eigenvalue weighted by Crippen LogP contribution is -2.37. The Kier molecular flexibility index (Phi) is 13.7. The number of carbonyl (C=O) groups excluding carboxylic acids is 5. The van der Waals surface area contributed by atoms with Crippen molar-refractivity contribution in [3.8, 4) is 16.9 Å². The molecule has 1 saturated carbocycles. The number of amidine groups is 1. The summed E-state index contributed by atoms with van der Waals surface area (Å²) in [6, 6.07) is 11.8. The van der Waals surface area contributed by atoms with Crippen molar-refractivity contribution >= 4 is 47.4 Å². The van der Waals surface area contributed by atoms with E-state index in [4.69, 9.17) is 29.1 Å². The summed E-state index contributed by atoms with van der Waals surface area (Å²) in [7, 11) is 1.42. The number of ether oxygens (including phenoxy) is 5. The predicted octanol–water partition coefficient (Wildman–Crippen LogP) is 3.67. The second-order valence-electron chi connectivity index (χ2n) is 13.7. The number of aromatic nitrogens is 1. The topological polar surface area (TPSA) is 245 Å². The summed E-state index contributed by atoms with van der Waals surface area (Å²) in [5.74, 6) is -2.89. The first-order chi connectivity index (χ1) is 27.2. The number of aliphatic hydroxyl groups is 2. The number of nitrogens with zero attached hydrogens (tertiary/aromatic N) is 1. The number of anilines is 1. The molecule has 5 rings (SSSR count). The minimum atomic E-state index is -1.31. The van der Waals surface area contributed by atoms with Gasteiger partial charge in [0.1, 0.15) is 42.2 Å². The van der Waals surface area contributed by atoms with Crippen LogP contribution in [0.5, 0.6) is 5.75 Å². The van der Waals surface area contributed by atoms with Crippen molar-refractivity contribution in [2.45, 2.75) is 58.2 Å². The van der Waals surface area contributed by atoms with Crippen LogP contribution in [0.3, 0.4) is 0 Å². The van der Waals surface area contributed by atoms with Crippen LogP contribution in [-0.2, 0) is 23.7 Å². The zero-order chi connectivity index (χ0) is 41.4. The van der Waals surface area contributed by atoms with Crippen LogP contribution in [-0.4, -0.2) is 102 Å². The van der Waals surface area contributed by atoms with E-state index in [0.717, 1.165) is 12.8 Å². The van der Waals surface area contributed by atoms with Gasteiger partial charge in [-0.05, 0) is 67.3 Å². The number of pyridine rings is 1. The Labute approximate surface area is 328 Å². The van der Waals surface area contributed by atoms with Gasteiger partial charge < -0.3 is 44.5 Å². The number of hydrogen-bond acceptors (Lipinski definition) is 14. The molecule has 3 aromatic rings. The highest BCUT2D eigenvalue weighted by atomic mass is 16.7. The average molecular weight is 788 g/mol. The lowest BCUT2D eigenvalue weighted by atomic mass is 9.94. The summed E-state index contributed by atoms with van der Waals surface area (Å²) >= 11 is 0. The molecule has 1 aromatic heterocycles. The van der Waals surface area contributed by atoms with E-state index in [9.17, 15) is 34.2 Å². The van der Waals surface area contributed by atoms with Gasteiger partial charge in [-0.2, -0.15) is 0 Å². The number of rotatable bonds is 15. The average Bonchev–Trinajstić information content (AvgIpc) is 3.98. The summed E-state index contributed by atoms with van der Waals surface area (Å²) in [6.07, 6.45) is -1.99. The van der Waals surface area contributed by atoms with Gasteiger partial charge in [0, 0.05) is 47.0 Å². The van der Waals surface area contributed by atoms with E-state index < -0.39 is 60.4 Å². The van der Waals surface area contributed by atoms with Crippen LogP contribution in [0.15, 0.2) is 55.1 Å². The van der Waals surface area contributed by atoms with Gasteiger partial charge in [0.05, 0.1) is 19.6 Å². The Morgan fingerprint density at radius 3 is 2.33 bits per heavy atom. The fourth-order valence-electron chi connectivity index (χ4n) is 5.58. The van der Waals surface area contributed by atoms with Crippen molar-refractivity contribution in [2.24, 2.45) is 11.8 Å². The standard InChI is InChI=1S/C40H45N5O12/c1-6-23-15-28(36(48)43-25-11-9-24(10-12-25)35(41)45-40(52)55-19-32-34(47)30(46)18-54-32)27(16-31(23)53-5)26-13-14-29(37(49)42-17-22-7-8-22)44-33(26)39(51)57-21(4)56-38(50)20(2)3/h6,9-16,20-22,30,32,34,46-47H,1,7-8,17-19H2,2-5H3,(H,42,49)(H,43,48)(H2,41,45,52)/t21?,30-,32+,34-/m0/s1. The molecule has 1 aliphatic carbocycles. The largest absolute Gasteiger partial charge is 0.496 e. The first kappa shape index (κ1) is 42.0. The molecule has 6 N–H and O–H groups in total. The van der Waals surface area contributed by atoms with Gasteiger partial charge >= 0.3 is 18.0 Å². The van der Waals surface area contributed by atoms with Crippen LogP contribution in [0.1, 0.15) is 76.1 Å². The molecule has 1 aliphatic heterocycles. The Morgan fingerprint density at radius 1 is 1.00 bits per heavy atom. The number of amides is 3. The number of esters is 2. The van der Waals surface area contributed by atoms with Crippen molar-refractivity contribution in [1.82, 2.24) is 15.6 Å². The molecule has 1 saturated heterocycles. The molecule has 1 unspecified atom stereocenters. The Balaban J connectivity index is 1.40. The molecule has 0 radical (unpaired) electrons. The second kappa shape index (κ2) is 18.6. The molecule has 0 bridgehead atoms. The Morgan fingerprint density at radius 2 is 1.72 bits per heavy atom.